The van der Waals surface area contributed by atoms with Crippen molar-refractivity contribution >= 4 is 37.8 Å². The number of methoxy groups -OCH3 is 1. The Kier molecular flexibility index (Phi) is 9.67. The number of rotatable bonds is 8. The highest BCUT2D eigenvalue weighted by atomic mass is 79.9. The Hall–Kier alpha value is -0.470. The molecule has 0 spiro atoms. The van der Waals surface area contributed by atoms with Gasteiger partial charge in [0, 0.05) is 21.5 Å². The lowest BCUT2D eigenvalue weighted by molar-refractivity contribution is -0.246. The SMILES string of the molecule is COC(C)(C)CCC[C@@](C)(O)[C@H]1CC[C@]2(C)[C@@H]1[C@H](O)C[C@@H]1[C@@]3(C)CC[C@H](OC(=O)c4cc(Br)cc(Br)c4)C(C)(C)[C@@H]3CC[C@]12C. The first-order valence-electron chi connectivity index (χ1n) is 17.3. The number of aliphatic hydroxyl groups is 2. The molecule has 0 heterocycles. The number of hydrogen-bond donors (Lipinski definition) is 2. The third-order valence-electron chi connectivity index (χ3n) is 14.5. The fourth-order valence-electron chi connectivity index (χ4n) is 11.7. The monoisotopic (exact) mass is 752 g/mol. The van der Waals surface area contributed by atoms with Crippen LogP contribution in [-0.4, -0.2) is 46.7 Å². The minimum absolute atomic E-state index is 0.0364. The molecule has 0 unspecified atom stereocenters. The average molecular weight is 755 g/mol. The molecule has 4 saturated carbocycles. The van der Waals surface area contributed by atoms with Gasteiger partial charge in [-0.2, -0.15) is 0 Å². The number of carbonyl (C=O) groups excluding carboxylic acids is 1. The van der Waals surface area contributed by atoms with E-state index in [1.165, 1.54) is 0 Å². The Labute approximate surface area is 289 Å². The summed E-state index contributed by atoms with van der Waals surface area (Å²) in [5.41, 5.74) is -0.558. The van der Waals surface area contributed by atoms with Gasteiger partial charge in [0.1, 0.15) is 6.10 Å². The van der Waals surface area contributed by atoms with Gasteiger partial charge >= 0.3 is 5.97 Å². The van der Waals surface area contributed by atoms with Gasteiger partial charge in [0.15, 0.2) is 0 Å². The number of benzene rings is 1. The van der Waals surface area contributed by atoms with Gasteiger partial charge in [-0.05, 0) is 143 Å². The van der Waals surface area contributed by atoms with Crippen molar-refractivity contribution in [2.75, 3.05) is 7.11 Å². The summed E-state index contributed by atoms with van der Waals surface area (Å²) in [7, 11) is 1.76. The maximum Gasteiger partial charge on any atom is 0.338 e. The average Bonchev–Trinajstić information content (AvgIpc) is 3.32. The quantitative estimate of drug-likeness (QED) is 0.259. The van der Waals surface area contributed by atoms with Crippen LogP contribution in [0.1, 0.15) is 130 Å². The molecule has 254 valence electrons. The number of carbonyl (C=O) groups is 1. The van der Waals surface area contributed by atoms with Gasteiger partial charge in [0.05, 0.1) is 22.9 Å². The molecule has 0 saturated heterocycles. The Morgan fingerprint density at radius 3 is 2.16 bits per heavy atom. The first kappa shape index (κ1) is 35.8. The van der Waals surface area contributed by atoms with E-state index in [0.717, 1.165) is 73.2 Å². The van der Waals surface area contributed by atoms with Crippen molar-refractivity contribution in [3.05, 3.63) is 32.7 Å². The standard InChI is InChI=1S/C38H58Br2O5/c1-33(2,44-9)14-10-15-38(8,43)26-11-17-37(7)31(26)27(41)22-29-35(5)16-13-30(34(3,4)28(35)12-18-36(29,37)6)45-32(42)23-19-24(39)21-25(40)20-23/h19-21,26-31,41,43H,10-18,22H2,1-9H3/t26-,27+,28-,29+,30-,31-,35-,36+,37+,38+/m0/s1. The molecule has 0 amide bonds. The molecule has 5 rings (SSSR count). The number of halogens is 2. The third kappa shape index (κ3) is 6.04. The summed E-state index contributed by atoms with van der Waals surface area (Å²) < 4.78 is 13.6. The normalized spacial score (nSPS) is 40.6. The van der Waals surface area contributed by atoms with E-state index in [1.54, 1.807) is 7.11 Å². The Bertz CT molecular complexity index is 1260. The van der Waals surface area contributed by atoms with E-state index in [9.17, 15) is 15.0 Å². The number of aliphatic hydroxyl groups excluding tert-OH is 1. The van der Waals surface area contributed by atoms with Crippen molar-refractivity contribution in [3.8, 4) is 0 Å². The van der Waals surface area contributed by atoms with Crippen LogP contribution < -0.4 is 0 Å². The van der Waals surface area contributed by atoms with Crippen molar-refractivity contribution in [3.63, 3.8) is 0 Å². The van der Waals surface area contributed by atoms with Gasteiger partial charge in [-0.15, -0.1) is 0 Å². The van der Waals surface area contributed by atoms with E-state index < -0.39 is 11.7 Å². The van der Waals surface area contributed by atoms with Gasteiger partial charge < -0.3 is 19.7 Å². The van der Waals surface area contributed by atoms with E-state index in [1.807, 2.05) is 25.1 Å². The van der Waals surface area contributed by atoms with Crippen LogP contribution in [0.15, 0.2) is 27.1 Å². The predicted octanol–water partition coefficient (Wildman–Crippen LogP) is 9.74. The lowest BCUT2D eigenvalue weighted by Crippen LogP contribution is -2.66. The number of esters is 1. The number of hydrogen-bond acceptors (Lipinski definition) is 5. The highest BCUT2D eigenvalue weighted by Gasteiger charge is 2.71. The molecule has 1 aromatic carbocycles. The smallest absolute Gasteiger partial charge is 0.338 e. The summed E-state index contributed by atoms with van der Waals surface area (Å²) in [6.45, 7) is 18.3. The number of ether oxygens (including phenoxy) is 2. The van der Waals surface area contributed by atoms with Crippen LogP contribution in [0.4, 0.5) is 0 Å². The zero-order valence-electron chi connectivity index (χ0n) is 29.1. The summed E-state index contributed by atoms with van der Waals surface area (Å²) >= 11 is 7.01. The third-order valence-corrected chi connectivity index (χ3v) is 15.4. The fourth-order valence-corrected chi connectivity index (χ4v) is 13.0. The molecule has 4 aliphatic rings. The molecule has 0 aliphatic heterocycles. The second kappa shape index (κ2) is 12.1. The van der Waals surface area contributed by atoms with E-state index in [-0.39, 0.29) is 51.2 Å². The van der Waals surface area contributed by atoms with Crippen molar-refractivity contribution in [2.45, 2.75) is 143 Å². The van der Waals surface area contributed by atoms with Crippen LogP contribution in [0.5, 0.6) is 0 Å². The minimum Gasteiger partial charge on any atom is -0.458 e. The van der Waals surface area contributed by atoms with Crippen LogP contribution in [-0.2, 0) is 9.47 Å². The van der Waals surface area contributed by atoms with Crippen molar-refractivity contribution in [1.82, 2.24) is 0 Å². The molecule has 2 N–H and O–H groups in total. The Morgan fingerprint density at radius 2 is 1.53 bits per heavy atom. The van der Waals surface area contributed by atoms with Gasteiger partial charge in [-0.1, -0.05) is 66.5 Å². The maximum absolute atomic E-state index is 13.4. The summed E-state index contributed by atoms with van der Waals surface area (Å²) in [6, 6.07) is 5.57. The largest absolute Gasteiger partial charge is 0.458 e. The first-order chi connectivity index (χ1) is 20.7. The molecular formula is C38H58Br2O5. The molecule has 1 aromatic rings. The van der Waals surface area contributed by atoms with Crippen molar-refractivity contribution in [1.29, 1.82) is 0 Å². The highest BCUT2D eigenvalue weighted by molar-refractivity contribution is 9.11. The van der Waals surface area contributed by atoms with E-state index in [2.05, 4.69) is 80.3 Å². The van der Waals surface area contributed by atoms with Gasteiger partial charge in [0.2, 0.25) is 0 Å². The van der Waals surface area contributed by atoms with Gasteiger partial charge in [0.25, 0.3) is 0 Å². The molecule has 4 aliphatic carbocycles. The maximum atomic E-state index is 13.4. The predicted molar refractivity (Wildman–Crippen MR) is 187 cm³/mol. The van der Waals surface area contributed by atoms with Crippen LogP contribution in [0.2, 0.25) is 0 Å². The molecule has 7 heteroatoms. The van der Waals surface area contributed by atoms with E-state index in [4.69, 9.17) is 9.47 Å². The van der Waals surface area contributed by atoms with Gasteiger partial charge in [-0.25, -0.2) is 4.79 Å². The van der Waals surface area contributed by atoms with Crippen LogP contribution in [0.25, 0.3) is 0 Å². The summed E-state index contributed by atoms with van der Waals surface area (Å²) in [4.78, 5) is 13.4. The van der Waals surface area contributed by atoms with Crippen LogP contribution >= 0.6 is 31.9 Å². The highest BCUT2D eigenvalue weighted by Crippen LogP contribution is 2.76. The fraction of sp³-hybridized carbons (Fsp3) is 0.816. The van der Waals surface area contributed by atoms with Gasteiger partial charge in [-0.3, -0.25) is 0 Å². The topological polar surface area (TPSA) is 76.0 Å². The van der Waals surface area contributed by atoms with Crippen LogP contribution in [0.3, 0.4) is 0 Å². The summed E-state index contributed by atoms with van der Waals surface area (Å²) in [5, 5.41) is 24.0. The minimum atomic E-state index is -0.814. The summed E-state index contributed by atoms with van der Waals surface area (Å²) in [5.74, 6) is 0.691. The lowest BCUT2D eigenvalue weighted by atomic mass is 9.35. The Balaban J connectivity index is 1.36. The number of fused-ring (bicyclic) bond motifs is 5. The molecule has 45 heavy (non-hydrogen) atoms. The first-order valence-corrected chi connectivity index (χ1v) is 18.9. The summed E-state index contributed by atoms with van der Waals surface area (Å²) in [6.07, 6.45) is 8.80. The zero-order chi connectivity index (χ0) is 33.4. The molecule has 10 atom stereocenters. The molecule has 0 radical (unpaired) electrons. The molecule has 0 bridgehead atoms. The molecule has 0 aromatic heterocycles. The molecule has 5 nitrogen and oxygen atoms in total. The van der Waals surface area contributed by atoms with E-state index >= 15 is 0 Å². The lowest BCUT2D eigenvalue weighted by Gasteiger charge is -2.70. The second-order valence-electron chi connectivity index (χ2n) is 17.5. The Morgan fingerprint density at radius 1 is 0.911 bits per heavy atom. The van der Waals surface area contributed by atoms with Crippen LogP contribution in [0, 0.1) is 45.3 Å². The molecular weight excluding hydrogens is 696 g/mol. The second-order valence-corrected chi connectivity index (χ2v) is 19.4. The van der Waals surface area contributed by atoms with Crippen molar-refractivity contribution < 1.29 is 24.5 Å². The van der Waals surface area contributed by atoms with Crippen molar-refractivity contribution in [2.24, 2.45) is 45.3 Å². The zero-order valence-corrected chi connectivity index (χ0v) is 32.3. The van der Waals surface area contributed by atoms with E-state index in [0.29, 0.717) is 17.4 Å². The molecule has 4 fully saturated rings.